The summed E-state index contributed by atoms with van der Waals surface area (Å²) in [5.74, 6) is -1.73. The number of hydrogen-bond donors (Lipinski definition) is 1. The maximum Gasteiger partial charge on any atom is 0.417 e. The van der Waals surface area contributed by atoms with Gasteiger partial charge < -0.3 is 10.1 Å². The largest absolute Gasteiger partial charge is 0.452 e. The standard InChI is InChI=1S/C18H12ClF3N2O5/c19-15-7-4-12(9-14(15)18(20,21)22)23-16(25)10-29-17(26)8-3-11-1-5-13(6-2-11)24(27)28/h1-9H,10H2,(H,23,25)/b8-3+. The lowest BCUT2D eigenvalue weighted by molar-refractivity contribution is -0.384. The second kappa shape index (κ2) is 9.20. The van der Waals surface area contributed by atoms with Crippen molar-refractivity contribution in [2.45, 2.75) is 6.18 Å². The molecule has 2 aromatic rings. The van der Waals surface area contributed by atoms with E-state index in [4.69, 9.17) is 11.6 Å². The predicted molar refractivity (Wildman–Crippen MR) is 98.2 cm³/mol. The lowest BCUT2D eigenvalue weighted by Crippen LogP contribution is -2.20. The van der Waals surface area contributed by atoms with E-state index in [-0.39, 0.29) is 11.4 Å². The van der Waals surface area contributed by atoms with E-state index in [0.29, 0.717) is 11.6 Å². The number of non-ortho nitro benzene ring substituents is 1. The van der Waals surface area contributed by atoms with Crippen LogP contribution in [0.4, 0.5) is 24.5 Å². The lowest BCUT2D eigenvalue weighted by Gasteiger charge is -2.11. The molecule has 152 valence electrons. The molecule has 0 heterocycles. The Hall–Kier alpha value is -3.40. The van der Waals surface area contributed by atoms with Crippen LogP contribution in [0.5, 0.6) is 0 Å². The van der Waals surface area contributed by atoms with Crippen molar-refractivity contribution in [1.29, 1.82) is 0 Å². The van der Waals surface area contributed by atoms with Crippen LogP contribution in [0.15, 0.2) is 48.5 Å². The molecule has 0 bridgehead atoms. The van der Waals surface area contributed by atoms with Gasteiger partial charge in [0.25, 0.3) is 11.6 Å². The molecule has 2 aromatic carbocycles. The number of nitrogens with one attached hydrogen (secondary N) is 1. The van der Waals surface area contributed by atoms with Gasteiger partial charge >= 0.3 is 12.1 Å². The van der Waals surface area contributed by atoms with E-state index in [1.807, 2.05) is 0 Å². The number of nitrogens with zero attached hydrogens (tertiary/aromatic N) is 1. The normalized spacial score (nSPS) is 11.3. The molecule has 0 aliphatic carbocycles. The number of anilines is 1. The molecule has 0 spiro atoms. The fourth-order valence-electron chi connectivity index (χ4n) is 2.07. The first kappa shape index (κ1) is 21.9. The predicted octanol–water partition coefficient (Wildman–Crippen LogP) is 4.46. The average Bonchev–Trinajstić information content (AvgIpc) is 2.65. The number of ether oxygens (including phenoxy) is 1. The minimum absolute atomic E-state index is 0.114. The zero-order valence-corrected chi connectivity index (χ0v) is 15.2. The summed E-state index contributed by atoms with van der Waals surface area (Å²) in [5, 5.41) is 12.2. The third kappa shape index (κ3) is 6.61. The quantitative estimate of drug-likeness (QED) is 0.317. The molecular formula is C18H12ClF3N2O5. The first-order valence-corrected chi connectivity index (χ1v) is 8.20. The number of nitro groups is 1. The van der Waals surface area contributed by atoms with E-state index >= 15 is 0 Å². The van der Waals surface area contributed by atoms with Gasteiger partial charge in [-0.05, 0) is 42.0 Å². The molecular weight excluding hydrogens is 417 g/mol. The van der Waals surface area contributed by atoms with Gasteiger partial charge in [-0.3, -0.25) is 14.9 Å². The summed E-state index contributed by atoms with van der Waals surface area (Å²) < 4.78 is 43.1. The monoisotopic (exact) mass is 428 g/mol. The number of nitro benzene ring substituents is 1. The summed E-state index contributed by atoms with van der Waals surface area (Å²) in [6.45, 7) is -0.729. The van der Waals surface area contributed by atoms with Crippen LogP contribution in [0.2, 0.25) is 5.02 Å². The van der Waals surface area contributed by atoms with E-state index in [1.54, 1.807) is 0 Å². The number of carbonyl (C=O) groups excluding carboxylic acids is 2. The minimum atomic E-state index is -4.69. The van der Waals surface area contributed by atoms with E-state index in [0.717, 1.165) is 12.1 Å². The van der Waals surface area contributed by atoms with Crippen LogP contribution in [0.3, 0.4) is 0 Å². The molecule has 11 heteroatoms. The summed E-state index contributed by atoms with van der Waals surface area (Å²) in [6, 6.07) is 8.14. The van der Waals surface area contributed by atoms with Crippen molar-refractivity contribution in [3.8, 4) is 0 Å². The molecule has 0 saturated carbocycles. The minimum Gasteiger partial charge on any atom is -0.452 e. The van der Waals surface area contributed by atoms with Gasteiger partial charge in [-0.15, -0.1) is 0 Å². The first-order valence-electron chi connectivity index (χ1n) is 7.82. The Kier molecular flexibility index (Phi) is 6.94. The third-order valence-corrected chi connectivity index (χ3v) is 3.75. The molecule has 7 nitrogen and oxygen atoms in total. The Labute approximate surface area is 166 Å². The van der Waals surface area contributed by atoms with Gasteiger partial charge in [0.05, 0.1) is 15.5 Å². The second-order valence-corrected chi connectivity index (χ2v) is 5.94. The smallest absolute Gasteiger partial charge is 0.417 e. The van der Waals surface area contributed by atoms with Crippen molar-refractivity contribution >= 4 is 40.9 Å². The fourth-order valence-corrected chi connectivity index (χ4v) is 2.30. The molecule has 29 heavy (non-hydrogen) atoms. The summed E-state index contributed by atoms with van der Waals surface area (Å²) in [4.78, 5) is 33.3. The first-order chi connectivity index (χ1) is 13.6. The van der Waals surface area contributed by atoms with Crippen molar-refractivity contribution in [3.63, 3.8) is 0 Å². The lowest BCUT2D eigenvalue weighted by atomic mass is 10.2. The Morgan fingerprint density at radius 2 is 1.83 bits per heavy atom. The van der Waals surface area contributed by atoms with Crippen LogP contribution in [-0.2, 0) is 20.5 Å². The number of benzene rings is 2. The van der Waals surface area contributed by atoms with Gasteiger partial charge in [0.15, 0.2) is 6.61 Å². The Morgan fingerprint density at radius 1 is 1.17 bits per heavy atom. The van der Waals surface area contributed by atoms with Crippen LogP contribution in [0.25, 0.3) is 6.08 Å². The van der Waals surface area contributed by atoms with Gasteiger partial charge in [-0.2, -0.15) is 13.2 Å². The zero-order chi connectivity index (χ0) is 21.6. The highest BCUT2D eigenvalue weighted by Gasteiger charge is 2.33. The summed E-state index contributed by atoms with van der Waals surface area (Å²) >= 11 is 5.49. The number of alkyl halides is 3. The number of amides is 1. The van der Waals surface area contributed by atoms with Crippen molar-refractivity contribution in [2.24, 2.45) is 0 Å². The van der Waals surface area contributed by atoms with Crippen LogP contribution < -0.4 is 5.32 Å². The number of halogens is 4. The van der Waals surface area contributed by atoms with Crippen molar-refractivity contribution in [1.82, 2.24) is 0 Å². The van der Waals surface area contributed by atoms with E-state index in [2.05, 4.69) is 10.1 Å². The van der Waals surface area contributed by atoms with Gasteiger partial charge in [0, 0.05) is 23.9 Å². The topological polar surface area (TPSA) is 98.5 Å². The molecule has 0 unspecified atom stereocenters. The van der Waals surface area contributed by atoms with Gasteiger partial charge in [0.1, 0.15) is 0 Å². The summed E-state index contributed by atoms with van der Waals surface area (Å²) in [7, 11) is 0. The molecule has 1 N–H and O–H groups in total. The van der Waals surface area contributed by atoms with Crippen molar-refractivity contribution < 1.29 is 32.4 Å². The number of hydrogen-bond acceptors (Lipinski definition) is 5. The van der Waals surface area contributed by atoms with E-state index < -0.39 is 40.2 Å². The molecule has 1 amide bonds. The molecule has 0 aliphatic heterocycles. The number of carbonyl (C=O) groups is 2. The number of rotatable bonds is 6. The van der Waals surface area contributed by atoms with Crippen molar-refractivity contribution in [2.75, 3.05) is 11.9 Å². The second-order valence-electron chi connectivity index (χ2n) is 5.53. The van der Waals surface area contributed by atoms with Crippen LogP contribution in [0, 0.1) is 10.1 Å². The third-order valence-electron chi connectivity index (χ3n) is 3.42. The fraction of sp³-hybridized carbons (Fsp3) is 0.111. The highest BCUT2D eigenvalue weighted by molar-refractivity contribution is 6.31. The average molecular weight is 429 g/mol. The van der Waals surface area contributed by atoms with Gasteiger partial charge in [-0.25, -0.2) is 4.79 Å². The molecule has 0 saturated heterocycles. The molecule has 0 radical (unpaired) electrons. The molecule has 2 rings (SSSR count). The highest BCUT2D eigenvalue weighted by atomic mass is 35.5. The van der Waals surface area contributed by atoms with Crippen LogP contribution in [0.1, 0.15) is 11.1 Å². The Balaban J connectivity index is 1.89. The van der Waals surface area contributed by atoms with Crippen LogP contribution >= 0.6 is 11.6 Å². The molecule has 0 aliphatic rings. The SMILES string of the molecule is O=C(COC(=O)/C=C/c1ccc([N+](=O)[O-])cc1)Nc1ccc(Cl)c(C(F)(F)F)c1. The highest BCUT2D eigenvalue weighted by Crippen LogP contribution is 2.36. The summed E-state index contributed by atoms with van der Waals surface area (Å²) in [5.41, 5.74) is -0.903. The molecule has 0 fully saturated rings. The zero-order valence-electron chi connectivity index (χ0n) is 14.4. The van der Waals surface area contributed by atoms with Crippen molar-refractivity contribution in [3.05, 3.63) is 74.8 Å². The maximum atomic E-state index is 12.8. The van der Waals surface area contributed by atoms with E-state index in [9.17, 15) is 32.9 Å². The van der Waals surface area contributed by atoms with Gasteiger partial charge in [0.2, 0.25) is 0 Å². The van der Waals surface area contributed by atoms with Crippen LogP contribution in [-0.4, -0.2) is 23.4 Å². The Morgan fingerprint density at radius 3 is 2.41 bits per heavy atom. The van der Waals surface area contributed by atoms with E-state index in [1.165, 1.54) is 36.4 Å². The summed E-state index contributed by atoms with van der Waals surface area (Å²) in [6.07, 6.45) is -2.37. The number of esters is 1. The maximum absolute atomic E-state index is 12.8. The molecule has 0 atom stereocenters. The van der Waals surface area contributed by atoms with Gasteiger partial charge in [-0.1, -0.05) is 11.6 Å². The molecule has 0 aromatic heterocycles. The Bertz CT molecular complexity index is 959.